The van der Waals surface area contributed by atoms with Crippen LogP contribution >= 0.6 is 0 Å². The normalized spacial score (nSPS) is 19.9. The van der Waals surface area contributed by atoms with E-state index in [4.69, 9.17) is 0 Å². The molecule has 3 rings (SSSR count). The summed E-state index contributed by atoms with van der Waals surface area (Å²) in [6.45, 7) is -0.0260. The van der Waals surface area contributed by atoms with Crippen LogP contribution in [0.1, 0.15) is 17.5 Å². The molecule has 1 amide bonds. The highest BCUT2D eigenvalue weighted by molar-refractivity contribution is 5.75. The highest BCUT2D eigenvalue weighted by atomic mass is 16.3. The van der Waals surface area contributed by atoms with Crippen molar-refractivity contribution >= 4 is 5.91 Å². The quantitative estimate of drug-likeness (QED) is 0.799. The molecule has 1 aromatic carbocycles. The van der Waals surface area contributed by atoms with Crippen LogP contribution in [0.5, 0.6) is 0 Å². The Bertz CT molecular complexity index is 764. The molecular formula is C15H18N4O3. The monoisotopic (exact) mass is 302 g/mol. The number of nitrogens with zero attached hydrogens (tertiary/aromatic N) is 3. The molecular weight excluding hydrogens is 284 g/mol. The van der Waals surface area contributed by atoms with Crippen molar-refractivity contribution < 1.29 is 9.90 Å². The number of rotatable bonds is 4. The summed E-state index contributed by atoms with van der Waals surface area (Å²) >= 11 is 0. The smallest absolute Gasteiger partial charge is 0.345 e. The van der Waals surface area contributed by atoms with Gasteiger partial charge in [0.2, 0.25) is 5.91 Å². The molecule has 1 unspecified atom stereocenters. The maximum atomic E-state index is 12.0. The fourth-order valence-corrected chi connectivity index (χ4v) is 2.82. The first-order valence-electron chi connectivity index (χ1n) is 7.15. The van der Waals surface area contributed by atoms with Crippen molar-refractivity contribution in [1.82, 2.24) is 19.7 Å². The summed E-state index contributed by atoms with van der Waals surface area (Å²) in [4.78, 5) is 23.6. The standard InChI is InChI=1S/C15H18N4O3/c1-18-10-17-19(14(18)21)8-13(20)16-9-15(22)7-6-11-4-2-3-5-12(11)15/h2-5,10,22H,6-9H2,1H3,(H,16,20). The van der Waals surface area contributed by atoms with Crippen molar-refractivity contribution in [3.05, 3.63) is 52.2 Å². The first-order chi connectivity index (χ1) is 10.5. The van der Waals surface area contributed by atoms with Crippen molar-refractivity contribution in [3.63, 3.8) is 0 Å². The summed E-state index contributed by atoms with van der Waals surface area (Å²) in [5.41, 5.74) is 0.590. The van der Waals surface area contributed by atoms with Gasteiger partial charge in [-0.25, -0.2) is 9.48 Å². The Balaban J connectivity index is 1.64. The zero-order valence-corrected chi connectivity index (χ0v) is 12.3. The molecule has 7 nitrogen and oxygen atoms in total. The molecule has 0 saturated carbocycles. The fraction of sp³-hybridized carbons (Fsp3) is 0.400. The number of aryl methyl sites for hydroxylation is 2. The number of fused-ring (bicyclic) bond motifs is 1. The molecule has 2 aromatic rings. The number of aliphatic hydroxyl groups is 1. The first-order valence-corrected chi connectivity index (χ1v) is 7.15. The summed E-state index contributed by atoms with van der Waals surface area (Å²) in [6.07, 6.45) is 2.73. The molecule has 7 heteroatoms. The number of benzene rings is 1. The fourth-order valence-electron chi connectivity index (χ4n) is 2.82. The van der Waals surface area contributed by atoms with Crippen LogP contribution in [-0.2, 0) is 30.4 Å². The first kappa shape index (κ1) is 14.5. The molecule has 0 spiro atoms. The molecule has 0 saturated heterocycles. The molecule has 1 aliphatic carbocycles. The lowest BCUT2D eigenvalue weighted by Gasteiger charge is -2.24. The lowest BCUT2D eigenvalue weighted by molar-refractivity contribution is -0.123. The van der Waals surface area contributed by atoms with Crippen molar-refractivity contribution in [1.29, 1.82) is 0 Å². The largest absolute Gasteiger partial charge is 0.383 e. The van der Waals surface area contributed by atoms with Crippen LogP contribution < -0.4 is 11.0 Å². The van der Waals surface area contributed by atoms with Crippen LogP contribution in [-0.4, -0.2) is 31.9 Å². The Morgan fingerprint density at radius 2 is 2.23 bits per heavy atom. The van der Waals surface area contributed by atoms with E-state index >= 15 is 0 Å². The van der Waals surface area contributed by atoms with Gasteiger partial charge < -0.3 is 10.4 Å². The summed E-state index contributed by atoms with van der Waals surface area (Å²) in [5, 5.41) is 17.2. The van der Waals surface area contributed by atoms with E-state index in [9.17, 15) is 14.7 Å². The zero-order chi connectivity index (χ0) is 15.7. The third-order valence-electron chi connectivity index (χ3n) is 4.08. The molecule has 2 N–H and O–H groups in total. The van der Waals surface area contributed by atoms with Crippen LogP contribution in [0.4, 0.5) is 0 Å². The van der Waals surface area contributed by atoms with Gasteiger partial charge in [0.05, 0.1) is 6.54 Å². The van der Waals surface area contributed by atoms with Gasteiger partial charge in [0, 0.05) is 7.05 Å². The van der Waals surface area contributed by atoms with Crippen molar-refractivity contribution in [3.8, 4) is 0 Å². The van der Waals surface area contributed by atoms with Gasteiger partial charge in [-0.2, -0.15) is 5.10 Å². The summed E-state index contributed by atoms with van der Waals surface area (Å²) in [7, 11) is 1.57. The van der Waals surface area contributed by atoms with E-state index in [0.29, 0.717) is 6.42 Å². The van der Waals surface area contributed by atoms with E-state index < -0.39 is 5.60 Å². The summed E-state index contributed by atoms with van der Waals surface area (Å²) in [6, 6.07) is 7.70. The van der Waals surface area contributed by atoms with Crippen LogP contribution in [0.2, 0.25) is 0 Å². The van der Waals surface area contributed by atoms with Crippen LogP contribution in [0, 0.1) is 0 Å². The zero-order valence-electron chi connectivity index (χ0n) is 12.3. The minimum Gasteiger partial charge on any atom is -0.383 e. The predicted molar refractivity (Wildman–Crippen MR) is 79.1 cm³/mol. The average molecular weight is 302 g/mol. The van der Waals surface area contributed by atoms with Gasteiger partial charge >= 0.3 is 5.69 Å². The lowest BCUT2D eigenvalue weighted by Crippen LogP contribution is -2.41. The summed E-state index contributed by atoms with van der Waals surface area (Å²) < 4.78 is 2.38. The minimum absolute atomic E-state index is 0.129. The van der Waals surface area contributed by atoms with E-state index in [1.807, 2.05) is 24.3 Å². The number of carbonyl (C=O) groups excluding carboxylic acids is 1. The van der Waals surface area contributed by atoms with Crippen LogP contribution in [0.3, 0.4) is 0 Å². The van der Waals surface area contributed by atoms with E-state index in [1.165, 1.54) is 10.9 Å². The molecule has 22 heavy (non-hydrogen) atoms. The molecule has 0 aliphatic heterocycles. The van der Waals surface area contributed by atoms with Crippen LogP contribution in [0.25, 0.3) is 0 Å². The molecule has 1 atom stereocenters. The molecule has 1 aliphatic rings. The predicted octanol–water partition coefficient (Wildman–Crippen LogP) is -0.468. The van der Waals surface area contributed by atoms with E-state index in [1.54, 1.807) is 7.05 Å². The van der Waals surface area contributed by atoms with Crippen molar-refractivity contribution in [2.45, 2.75) is 25.0 Å². The number of hydrogen-bond donors (Lipinski definition) is 2. The Morgan fingerprint density at radius 3 is 2.95 bits per heavy atom. The Kier molecular flexibility index (Phi) is 3.58. The third kappa shape index (κ3) is 2.55. The molecule has 1 heterocycles. The van der Waals surface area contributed by atoms with Gasteiger partial charge in [-0.3, -0.25) is 9.36 Å². The molecule has 116 valence electrons. The Hall–Kier alpha value is -2.41. The van der Waals surface area contributed by atoms with Gasteiger partial charge in [-0.05, 0) is 24.0 Å². The van der Waals surface area contributed by atoms with E-state index in [-0.39, 0.29) is 24.7 Å². The SMILES string of the molecule is Cn1cnn(CC(=O)NCC2(O)CCc3ccccc32)c1=O. The Morgan fingerprint density at radius 1 is 1.45 bits per heavy atom. The highest BCUT2D eigenvalue weighted by Gasteiger charge is 2.36. The maximum Gasteiger partial charge on any atom is 0.345 e. The lowest BCUT2D eigenvalue weighted by atomic mass is 9.96. The third-order valence-corrected chi connectivity index (χ3v) is 4.08. The van der Waals surface area contributed by atoms with Crippen LogP contribution in [0.15, 0.2) is 35.4 Å². The number of aromatic nitrogens is 3. The number of carbonyl (C=O) groups is 1. The van der Waals surface area contributed by atoms with Gasteiger partial charge in [0.25, 0.3) is 0 Å². The highest BCUT2D eigenvalue weighted by Crippen LogP contribution is 2.36. The topological polar surface area (TPSA) is 89.2 Å². The number of amides is 1. The number of nitrogens with one attached hydrogen (secondary N) is 1. The van der Waals surface area contributed by atoms with Gasteiger partial charge in [-0.15, -0.1) is 0 Å². The Labute approximate surface area is 127 Å². The summed E-state index contributed by atoms with van der Waals surface area (Å²) in [5.74, 6) is -0.349. The average Bonchev–Trinajstić information content (AvgIpc) is 3.01. The van der Waals surface area contributed by atoms with Gasteiger partial charge in [0.15, 0.2) is 0 Å². The van der Waals surface area contributed by atoms with E-state index in [2.05, 4.69) is 10.4 Å². The van der Waals surface area contributed by atoms with Gasteiger partial charge in [0.1, 0.15) is 18.5 Å². The van der Waals surface area contributed by atoms with Crippen molar-refractivity contribution in [2.75, 3.05) is 6.54 Å². The second-order valence-corrected chi connectivity index (χ2v) is 5.65. The number of hydrogen-bond acceptors (Lipinski definition) is 4. The van der Waals surface area contributed by atoms with Gasteiger partial charge in [-0.1, -0.05) is 24.3 Å². The molecule has 0 radical (unpaired) electrons. The second-order valence-electron chi connectivity index (χ2n) is 5.65. The molecule has 0 fully saturated rings. The minimum atomic E-state index is -1.04. The maximum absolute atomic E-state index is 12.0. The molecule has 0 bridgehead atoms. The second kappa shape index (κ2) is 5.42. The van der Waals surface area contributed by atoms with Crippen molar-refractivity contribution in [2.24, 2.45) is 7.05 Å². The van der Waals surface area contributed by atoms with E-state index in [0.717, 1.165) is 22.2 Å². The molecule has 1 aromatic heterocycles.